The number of rotatable bonds is 7. The number of benzene rings is 2. The minimum Gasteiger partial charge on any atom is -0.481 e. The predicted molar refractivity (Wildman–Crippen MR) is 93.9 cm³/mol. The Morgan fingerprint density at radius 2 is 1.58 bits per heavy atom. The highest BCUT2D eigenvalue weighted by Gasteiger charge is 2.35. The van der Waals surface area contributed by atoms with Gasteiger partial charge in [0.2, 0.25) is 5.91 Å². The number of carboxylic acids is 1. The van der Waals surface area contributed by atoms with E-state index < -0.39 is 11.4 Å². The standard InChI is InChI=1S/C20H23NO3/c1-15(16-9-5-3-6-10-16)13-18(22)21-14-20(2,19(23)24)17-11-7-4-8-12-17/h3-12,15H,13-14H2,1-2H3,(H,21,22)(H,23,24). The summed E-state index contributed by atoms with van der Waals surface area (Å²) in [5, 5.41) is 12.4. The van der Waals surface area contributed by atoms with Crippen molar-refractivity contribution in [2.24, 2.45) is 0 Å². The van der Waals surface area contributed by atoms with Crippen LogP contribution >= 0.6 is 0 Å². The van der Waals surface area contributed by atoms with Crippen molar-refractivity contribution in [2.75, 3.05) is 6.54 Å². The molecule has 4 heteroatoms. The molecule has 0 saturated heterocycles. The summed E-state index contributed by atoms with van der Waals surface area (Å²) in [5.74, 6) is -1.01. The number of carboxylic acid groups (broad SMARTS) is 1. The van der Waals surface area contributed by atoms with Crippen LogP contribution in [0.3, 0.4) is 0 Å². The van der Waals surface area contributed by atoms with Crippen LogP contribution in [0.25, 0.3) is 0 Å². The molecule has 2 aromatic rings. The topological polar surface area (TPSA) is 66.4 Å². The Labute approximate surface area is 142 Å². The minimum absolute atomic E-state index is 0.0622. The molecule has 0 aliphatic carbocycles. The maximum atomic E-state index is 12.2. The molecule has 0 aromatic heterocycles. The van der Waals surface area contributed by atoms with E-state index >= 15 is 0 Å². The molecular weight excluding hydrogens is 302 g/mol. The Morgan fingerprint density at radius 1 is 1.04 bits per heavy atom. The summed E-state index contributed by atoms with van der Waals surface area (Å²) in [5.41, 5.74) is 0.623. The van der Waals surface area contributed by atoms with Gasteiger partial charge >= 0.3 is 5.97 Å². The molecule has 1 amide bonds. The highest BCUT2D eigenvalue weighted by molar-refractivity contribution is 5.83. The Morgan fingerprint density at radius 3 is 2.12 bits per heavy atom. The Kier molecular flexibility index (Phi) is 5.74. The molecular formula is C20H23NO3. The van der Waals surface area contributed by atoms with Gasteiger partial charge < -0.3 is 10.4 Å². The molecule has 4 nitrogen and oxygen atoms in total. The molecule has 0 radical (unpaired) electrons. The first-order valence-corrected chi connectivity index (χ1v) is 8.04. The zero-order chi connectivity index (χ0) is 17.6. The molecule has 2 N–H and O–H groups in total. The van der Waals surface area contributed by atoms with E-state index in [1.807, 2.05) is 43.3 Å². The van der Waals surface area contributed by atoms with Gasteiger partial charge in [0.1, 0.15) is 5.41 Å². The second-order valence-corrected chi connectivity index (χ2v) is 6.30. The van der Waals surface area contributed by atoms with Crippen molar-refractivity contribution in [2.45, 2.75) is 31.6 Å². The third-order valence-corrected chi connectivity index (χ3v) is 4.38. The highest BCUT2D eigenvalue weighted by atomic mass is 16.4. The number of aliphatic carboxylic acids is 1. The van der Waals surface area contributed by atoms with Gasteiger partial charge in [-0.15, -0.1) is 0 Å². The van der Waals surface area contributed by atoms with Gasteiger partial charge in [0.05, 0.1) is 0 Å². The maximum absolute atomic E-state index is 12.2. The molecule has 0 aliphatic rings. The van der Waals surface area contributed by atoms with Crippen molar-refractivity contribution in [3.63, 3.8) is 0 Å². The van der Waals surface area contributed by atoms with E-state index in [9.17, 15) is 14.7 Å². The third-order valence-electron chi connectivity index (χ3n) is 4.38. The van der Waals surface area contributed by atoms with Crippen LogP contribution in [0.1, 0.15) is 37.3 Å². The molecule has 2 aromatic carbocycles. The lowest BCUT2D eigenvalue weighted by atomic mass is 9.82. The number of carbonyl (C=O) groups is 2. The van der Waals surface area contributed by atoms with Crippen molar-refractivity contribution in [3.8, 4) is 0 Å². The molecule has 0 spiro atoms. The monoisotopic (exact) mass is 325 g/mol. The third kappa shape index (κ3) is 4.22. The molecule has 0 bridgehead atoms. The van der Waals surface area contributed by atoms with Gasteiger partial charge in [-0.1, -0.05) is 67.6 Å². The molecule has 126 valence electrons. The molecule has 2 unspecified atom stereocenters. The van der Waals surface area contributed by atoms with E-state index in [-0.39, 0.29) is 18.4 Å². The normalized spacial score (nSPS) is 14.4. The van der Waals surface area contributed by atoms with Crippen LogP contribution < -0.4 is 5.32 Å². The van der Waals surface area contributed by atoms with E-state index in [2.05, 4.69) is 5.32 Å². The average Bonchev–Trinajstić information content (AvgIpc) is 2.61. The second kappa shape index (κ2) is 7.77. The van der Waals surface area contributed by atoms with Crippen molar-refractivity contribution < 1.29 is 14.7 Å². The molecule has 2 atom stereocenters. The van der Waals surface area contributed by atoms with Gasteiger partial charge in [-0.3, -0.25) is 9.59 Å². The van der Waals surface area contributed by atoms with E-state index in [4.69, 9.17) is 0 Å². The van der Waals surface area contributed by atoms with Gasteiger partial charge in [0.25, 0.3) is 0 Å². The van der Waals surface area contributed by atoms with Crippen molar-refractivity contribution in [3.05, 3.63) is 71.8 Å². The van der Waals surface area contributed by atoms with Crippen LogP contribution in [0.15, 0.2) is 60.7 Å². The van der Waals surface area contributed by atoms with Gasteiger partial charge in [0.15, 0.2) is 0 Å². The number of amides is 1. The fourth-order valence-corrected chi connectivity index (χ4v) is 2.63. The van der Waals surface area contributed by atoms with E-state index in [1.165, 1.54) is 0 Å². The zero-order valence-electron chi connectivity index (χ0n) is 14.0. The van der Waals surface area contributed by atoms with Crippen LogP contribution in [0.2, 0.25) is 0 Å². The largest absolute Gasteiger partial charge is 0.481 e. The quantitative estimate of drug-likeness (QED) is 0.820. The summed E-state index contributed by atoms with van der Waals surface area (Å²) in [6.07, 6.45) is 0.328. The molecule has 0 aliphatic heterocycles. The molecule has 0 heterocycles. The smallest absolute Gasteiger partial charge is 0.315 e. The highest BCUT2D eigenvalue weighted by Crippen LogP contribution is 2.24. The number of hydrogen-bond donors (Lipinski definition) is 2. The SMILES string of the molecule is CC(CC(=O)NCC(C)(C(=O)O)c1ccccc1)c1ccccc1. The number of carbonyl (C=O) groups excluding carboxylic acids is 1. The molecule has 2 rings (SSSR count). The molecule has 0 fully saturated rings. The van der Waals surface area contributed by atoms with Crippen LogP contribution in [0.4, 0.5) is 0 Å². The summed E-state index contributed by atoms with van der Waals surface area (Å²) in [4.78, 5) is 23.9. The van der Waals surface area contributed by atoms with Gasteiger partial charge in [-0.2, -0.15) is 0 Å². The van der Waals surface area contributed by atoms with Gasteiger partial charge in [0, 0.05) is 13.0 Å². The fraction of sp³-hybridized carbons (Fsp3) is 0.300. The summed E-state index contributed by atoms with van der Waals surface area (Å²) in [7, 11) is 0. The second-order valence-electron chi connectivity index (χ2n) is 6.30. The molecule has 0 saturated carbocycles. The fourth-order valence-electron chi connectivity index (χ4n) is 2.63. The summed E-state index contributed by atoms with van der Waals surface area (Å²) >= 11 is 0. The predicted octanol–water partition coefficient (Wildman–Crippen LogP) is 3.34. The molecule has 24 heavy (non-hydrogen) atoms. The summed E-state index contributed by atoms with van der Waals surface area (Å²) < 4.78 is 0. The maximum Gasteiger partial charge on any atom is 0.315 e. The van der Waals surface area contributed by atoms with Crippen LogP contribution in [-0.4, -0.2) is 23.5 Å². The number of nitrogens with one attached hydrogen (secondary N) is 1. The van der Waals surface area contributed by atoms with Gasteiger partial charge in [-0.05, 0) is 24.0 Å². The van der Waals surface area contributed by atoms with Crippen molar-refractivity contribution >= 4 is 11.9 Å². The first-order chi connectivity index (χ1) is 11.4. The van der Waals surface area contributed by atoms with Crippen molar-refractivity contribution in [1.82, 2.24) is 5.32 Å². The first kappa shape index (κ1) is 17.7. The number of hydrogen-bond acceptors (Lipinski definition) is 2. The lowest BCUT2D eigenvalue weighted by molar-refractivity contribution is -0.143. The van der Waals surface area contributed by atoms with Crippen LogP contribution in [0.5, 0.6) is 0 Å². The average molecular weight is 325 g/mol. The summed E-state index contributed by atoms with van der Waals surface area (Å²) in [6.45, 7) is 3.68. The lowest BCUT2D eigenvalue weighted by Crippen LogP contribution is -2.44. The van der Waals surface area contributed by atoms with Gasteiger partial charge in [-0.25, -0.2) is 0 Å². The van der Waals surface area contributed by atoms with Crippen LogP contribution in [0, 0.1) is 0 Å². The van der Waals surface area contributed by atoms with E-state index in [0.717, 1.165) is 5.56 Å². The lowest BCUT2D eigenvalue weighted by Gasteiger charge is -2.26. The van der Waals surface area contributed by atoms with E-state index in [0.29, 0.717) is 12.0 Å². The summed E-state index contributed by atoms with van der Waals surface area (Å²) in [6, 6.07) is 18.8. The Hall–Kier alpha value is -2.62. The minimum atomic E-state index is -1.15. The Balaban J connectivity index is 2.00. The zero-order valence-corrected chi connectivity index (χ0v) is 14.0. The van der Waals surface area contributed by atoms with Crippen molar-refractivity contribution in [1.29, 1.82) is 0 Å². The Bertz CT molecular complexity index is 685. The van der Waals surface area contributed by atoms with E-state index in [1.54, 1.807) is 31.2 Å². The van der Waals surface area contributed by atoms with Crippen LogP contribution in [-0.2, 0) is 15.0 Å². The first-order valence-electron chi connectivity index (χ1n) is 8.04.